The molecule has 0 aliphatic heterocycles. The molecule has 1 unspecified atom stereocenters. The zero-order valence-electron chi connectivity index (χ0n) is 17.8. The lowest BCUT2D eigenvalue weighted by Crippen LogP contribution is -2.34. The number of benzene rings is 1. The fourth-order valence-electron chi connectivity index (χ4n) is 6.07. The van der Waals surface area contributed by atoms with Crippen molar-refractivity contribution in [2.75, 3.05) is 6.61 Å². The molecule has 0 spiro atoms. The summed E-state index contributed by atoms with van der Waals surface area (Å²) < 4.78 is 20.8. The van der Waals surface area contributed by atoms with Crippen molar-refractivity contribution in [1.29, 1.82) is 0 Å². The average Bonchev–Trinajstić information content (AvgIpc) is 3.33. The molecule has 3 nitrogen and oxygen atoms in total. The highest BCUT2D eigenvalue weighted by Crippen LogP contribution is 2.52. The van der Waals surface area contributed by atoms with Crippen molar-refractivity contribution in [2.24, 2.45) is 23.2 Å². The molecule has 0 amide bonds. The summed E-state index contributed by atoms with van der Waals surface area (Å²) in [4.78, 5) is 11.3. The van der Waals surface area contributed by atoms with Crippen LogP contribution in [0.4, 0.5) is 4.39 Å². The number of rotatable bonds is 7. The molecule has 1 aromatic rings. The highest BCUT2D eigenvalue weighted by molar-refractivity contribution is 6.32. The van der Waals surface area contributed by atoms with Gasteiger partial charge in [-0.25, -0.2) is 4.39 Å². The number of carboxylic acids is 1. The molecule has 0 aromatic heterocycles. The first kappa shape index (κ1) is 21.7. The zero-order valence-corrected chi connectivity index (χ0v) is 18.5. The van der Waals surface area contributed by atoms with E-state index in [0.717, 1.165) is 36.7 Å². The summed E-state index contributed by atoms with van der Waals surface area (Å²) in [5, 5.41) is 9.73. The SMILES string of the molecule is CCC1(COc2cc(F)c(C/C=C3\CCC[C@H]3C(=O)O)cc2Cl)C[C@@H]2CC[C@@H](C2)C1. The van der Waals surface area contributed by atoms with Crippen LogP contribution in [0.25, 0.3) is 0 Å². The van der Waals surface area contributed by atoms with Gasteiger partial charge in [0.15, 0.2) is 0 Å². The van der Waals surface area contributed by atoms with Gasteiger partial charge in [-0.2, -0.15) is 0 Å². The number of hydrogen-bond acceptors (Lipinski definition) is 2. The lowest BCUT2D eigenvalue weighted by atomic mass is 9.68. The van der Waals surface area contributed by atoms with Crippen LogP contribution in [0.3, 0.4) is 0 Å². The van der Waals surface area contributed by atoms with E-state index in [1.54, 1.807) is 6.07 Å². The maximum Gasteiger partial charge on any atom is 0.310 e. The van der Waals surface area contributed by atoms with Crippen LogP contribution in [0.1, 0.15) is 70.3 Å². The zero-order chi connectivity index (χ0) is 21.3. The van der Waals surface area contributed by atoms with Crippen molar-refractivity contribution in [3.05, 3.63) is 40.2 Å². The Morgan fingerprint density at radius 3 is 2.70 bits per heavy atom. The van der Waals surface area contributed by atoms with Crippen LogP contribution >= 0.6 is 11.6 Å². The van der Waals surface area contributed by atoms with Gasteiger partial charge in [0.2, 0.25) is 0 Å². The molecule has 0 radical (unpaired) electrons. The number of allylic oxidation sites excluding steroid dienone is 1. The molecular formula is C25H32ClFO3. The Hall–Kier alpha value is -1.55. The Kier molecular flexibility index (Phi) is 6.43. The number of ether oxygens (including phenoxy) is 1. The van der Waals surface area contributed by atoms with Gasteiger partial charge in [-0.05, 0) is 74.8 Å². The topological polar surface area (TPSA) is 46.5 Å². The Balaban J connectivity index is 1.43. The first-order valence-electron chi connectivity index (χ1n) is 11.4. The molecule has 3 aliphatic rings. The van der Waals surface area contributed by atoms with Crippen LogP contribution in [-0.4, -0.2) is 17.7 Å². The van der Waals surface area contributed by atoms with Crippen LogP contribution in [0.2, 0.25) is 5.02 Å². The fraction of sp³-hybridized carbons (Fsp3) is 0.640. The molecule has 2 bridgehead atoms. The molecule has 30 heavy (non-hydrogen) atoms. The lowest BCUT2D eigenvalue weighted by Gasteiger charge is -2.40. The van der Waals surface area contributed by atoms with E-state index < -0.39 is 11.9 Å². The molecule has 0 heterocycles. The minimum absolute atomic E-state index is 0.182. The summed E-state index contributed by atoms with van der Waals surface area (Å²) in [7, 11) is 0. The van der Waals surface area contributed by atoms with Gasteiger partial charge in [0.25, 0.3) is 0 Å². The van der Waals surface area contributed by atoms with Crippen molar-refractivity contribution in [1.82, 2.24) is 0 Å². The van der Waals surface area contributed by atoms with Crippen LogP contribution < -0.4 is 4.74 Å². The van der Waals surface area contributed by atoms with E-state index >= 15 is 0 Å². The third-order valence-electron chi connectivity index (χ3n) is 7.77. The third kappa shape index (κ3) is 4.54. The van der Waals surface area contributed by atoms with Gasteiger partial charge in [-0.1, -0.05) is 43.0 Å². The molecule has 1 N–H and O–H groups in total. The normalized spacial score (nSPS) is 32.0. The second kappa shape index (κ2) is 8.90. The minimum Gasteiger partial charge on any atom is -0.491 e. The van der Waals surface area contributed by atoms with Crippen LogP contribution in [-0.2, 0) is 11.2 Å². The predicted molar refractivity (Wildman–Crippen MR) is 116 cm³/mol. The van der Waals surface area contributed by atoms with E-state index in [2.05, 4.69) is 6.92 Å². The van der Waals surface area contributed by atoms with Gasteiger partial charge in [0.1, 0.15) is 11.6 Å². The van der Waals surface area contributed by atoms with Crippen molar-refractivity contribution >= 4 is 17.6 Å². The summed E-state index contributed by atoms with van der Waals surface area (Å²) in [5.74, 6) is 0.496. The molecule has 3 aliphatic carbocycles. The van der Waals surface area contributed by atoms with Gasteiger partial charge in [0.05, 0.1) is 17.5 Å². The first-order chi connectivity index (χ1) is 14.4. The summed E-state index contributed by atoms with van der Waals surface area (Å²) in [6, 6.07) is 3.04. The molecule has 4 rings (SSSR count). The molecule has 164 valence electrons. The van der Waals surface area contributed by atoms with Crippen molar-refractivity contribution in [3.63, 3.8) is 0 Å². The monoisotopic (exact) mass is 434 g/mol. The third-order valence-corrected chi connectivity index (χ3v) is 8.06. The minimum atomic E-state index is -0.790. The number of fused-ring (bicyclic) bond motifs is 2. The Labute approximate surface area is 183 Å². The number of aliphatic carboxylic acids is 1. The Morgan fingerprint density at radius 1 is 1.30 bits per heavy atom. The van der Waals surface area contributed by atoms with Gasteiger partial charge in [0, 0.05) is 11.5 Å². The lowest BCUT2D eigenvalue weighted by molar-refractivity contribution is -0.140. The van der Waals surface area contributed by atoms with E-state index in [1.807, 2.05) is 6.08 Å². The molecule has 4 atom stereocenters. The summed E-state index contributed by atoms with van der Waals surface area (Å²) in [6.07, 6.45) is 12.1. The van der Waals surface area contributed by atoms with Crippen molar-refractivity contribution in [3.8, 4) is 5.75 Å². The largest absolute Gasteiger partial charge is 0.491 e. The molecule has 1 aromatic carbocycles. The van der Waals surface area contributed by atoms with Crippen molar-refractivity contribution in [2.45, 2.75) is 71.1 Å². The maximum absolute atomic E-state index is 14.8. The molecular weight excluding hydrogens is 403 g/mol. The van der Waals surface area contributed by atoms with E-state index in [0.29, 0.717) is 35.8 Å². The fourth-order valence-corrected chi connectivity index (χ4v) is 6.31. The predicted octanol–water partition coefficient (Wildman–Crippen LogP) is 6.82. The highest BCUT2D eigenvalue weighted by Gasteiger charge is 2.43. The molecule has 3 saturated carbocycles. The standard InChI is InChI=1S/C25H32ClFO3/c1-2-25(13-16-6-7-17(10-16)14-25)15-30-23-12-22(27)19(11-21(23)26)9-8-18-4-3-5-20(18)24(28)29/h8,11-12,16-17,20H,2-7,9-10,13-15H2,1H3,(H,28,29)/b18-8+/t16-,17+,20-,25?/m1/s1. The van der Waals surface area contributed by atoms with Gasteiger partial charge in [-0.3, -0.25) is 4.79 Å². The van der Waals surface area contributed by atoms with Crippen molar-refractivity contribution < 1.29 is 19.0 Å². The first-order valence-corrected chi connectivity index (χ1v) is 11.8. The smallest absolute Gasteiger partial charge is 0.310 e. The van der Waals surface area contributed by atoms with E-state index in [-0.39, 0.29) is 11.2 Å². The number of halogens is 2. The second-order valence-corrected chi connectivity index (χ2v) is 10.1. The number of carbonyl (C=O) groups is 1. The quantitative estimate of drug-likeness (QED) is 0.479. The van der Waals surface area contributed by atoms with Gasteiger partial charge < -0.3 is 9.84 Å². The van der Waals surface area contributed by atoms with Crippen LogP contribution in [0, 0.1) is 29.0 Å². The Morgan fingerprint density at radius 2 is 2.03 bits per heavy atom. The maximum atomic E-state index is 14.8. The summed E-state index contributed by atoms with van der Waals surface area (Å²) in [5.41, 5.74) is 1.56. The molecule has 0 saturated heterocycles. The van der Waals surface area contributed by atoms with Gasteiger partial charge in [-0.15, -0.1) is 0 Å². The number of hydrogen-bond donors (Lipinski definition) is 1. The van der Waals surface area contributed by atoms with E-state index in [4.69, 9.17) is 16.3 Å². The van der Waals surface area contributed by atoms with E-state index in [1.165, 1.54) is 38.2 Å². The van der Waals surface area contributed by atoms with Gasteiger partial charge >= 0.3 is 5.97 Å². The van der Waals surface area contributed by atoms with Crippen LogP contribution in [0.15, 0.2) is 23.8 Å². The second-order valence-electron chi connectivity index (χ2n) is 9.74. The van der Waals surface area contributed by atoms with E-state index in [9.17, 15) is 14.3 Å². The molecule has 3 fully saturated rings. The average molecular weight is 435 g/mol. The summed E-state index contributed by atoms with van der Waals surface area (Å²) >= 11 is 6.45. The Bertz CT molecular complexity index is 822. The number of carboxylic acid groups (broad SMARTS) is 1. The molecule has 5 heteroatoms. The highest BCUT2D eigenvalue weighted by atomic mass is 35.5. The van der Waals surface area contributed by atoms with Crippen LogP contribution in [0.5, 0.6) is 5.75 Å². The summed E-state index contributed by atoms with van der Waals surface area (Å²) in [6.45, 7) is 2.83.